The summed E-state index contributed by atoms with van der Waals surface area (Å²) in [5.74, 6) is 3.25. The Hall–Kier alpha value is -17.8. The zero-order valence-corrected chi connectivity index (χ0v) is 84.2. The van der Waals surface area contributed by atoms with Gasteiger partial charge in [0.05, 0.1) is 94.1 Å². The van der Waals surface area contributed by atoms with Crippen molar-refractivity contribution < 1.29 is 0 Å². The van der Waals surface area contributed by atoms with Gasteiger partial charge in [-0.1, -0.05) is 315 Å². The van der Waals surface area contributed by atoms with E-state index in [1.165, 1.54) is 233 Å². The maximum Gasteiger partial charge on any atom is 0.134 e. The van der Waals surface area contributed by atoms with Crippen LogP contribution < -0.4 is 0 Å². The average molecular weight is 1900 g/mol. The fraction of sp³-hybridized carbons (Fsp3) is 0.115. The molecule has 0 saturated heterocycles. The molecule has 9 heteroatoms. The van der Waals surface area contributed by atoms with Gasteiger partial charge < -0.3 is 13.7 Å². The standard InChI is InChI=1S/C53H37N3.2C43H33N3/c1-52(2)43-23-13-12-22-39(43)40-32-42-41-30-34(26-28-47(41)55(50(42)33-44(40)52)38-20-10-5-11-21-38)35-27-29-48-45(31-35)53(36-16-6-3-7-17-36,37-18-8-4-9-19-37)51-54-46-24-14-15-25-49(46)56(48)51;1-42(2)33-17-9-8-15-29(33)30-24-32-31-23-26(21-22-37(31)45(39(32)25-35(30)42)27-13-6-5-7-14-27)28-16-12-18-34-40(28)46-38-20-11-10-19-36(38)44-41(46)43(34,3)4;1-42(2)33-15-9-8-14-29(33)30-24-32-31-22-26(18-20-37(31)45(40(32)25-34(30)42)28-12-6-5-7-13-28)27-19-21-38-35(23-27)43(3,4)41-44-36-16-10-11-17-39(36)46(38)41/h3-33H,1-2H3;2*5-25H,1-4H3. The fourth-order valence-electron chi connectivity index (χ4n) is 27.2. The molecule has 0 bridgehead atoms. The first-order valence-electron chi connectivity index (χ1n) is 52.0. The Kier molecular flexibility index (Phi) is 17.9. The van der Waals surface area contributed by atoms with Gasteiger partial charge in [-0.3, -0.25) is 13.7 Å². The number of benzene rings is 20. The summed E-state index contributed by atoms with van der Waals surface area (Å²) in [6.45, 7) is 23.4. The van der Waals surface area contributed by atoms with Crippen LogP contribution in [-0.4, -0.2) is 42.4 Å². The lowest BCUT2D eigenvalue weighted by atomic mass is 9.69. The van der Waals surface area contributed by atoms with Gasteiger partial charge in [0, 0.05) is 71.2 Å². The third-order valence-electron chi connectivity index (χ3n) is 34.5. The molecule has 20 aromatic carbocycles. The maximum atomic E-state index is 5.44. The Morgan fingerprint density at radius 3 is 0.892 bits per heavy atom. The first kappa shape index (κ1) is 85.8. The molecule has 3 aliphatic heterocycles. The van der Waals surface area contributed by atoms with E-state index >= 15 is 0 Å². The van der Waals surface area contributed by atoms with Crippen LogP contribution in [-0.2, 0) is 32.5 Å². The van der Waals surface area contributed by atoms with E-state index < -0.39 is 5.41 Å². The summed E-state index contributed by atoms with van der Waals surface area (Å²) < 4.78 is 14.5. The molecule has 26 aromatic rings. The van der Waals surface area contributed by atoms with E-state index in [4.69, 9.17) is 15.0 Å². The van der Waals surface area contributed by atoms with Crippen LogP contribution in [0.1, 0.15) is 148 Å². The van der Waals surface area contributed by atoms with Crippen LogP contribution in [0.15, 0.2) is 443 Å². The van der Waals surface area contributed by atoms with Crippen molar-refractivity contribution in [2.75, 3.05) is 0 Å². The van der Waals surface area contributed by atoms with Gasteiger partial charge in [0.15, 0.2) is 0 Å². The summed E-state index contributed by atoms with van der Waals surface area (Å²) in [5.41, 5.74) is 50.0. The minimum atomic E-state index is -0.610. The lowest BCUT2D eigenvalue weighted by molar-refractivity contribution is 0.621. The molecule has 0 amide bonds. The zero-order chi connectivity index (χ0) is 99.1. The van der Waals surface area contributed by atoms with Gasteiger partial charge in [-0.05, 0) is 320 Å². The molecule has 6 aromatic heterocycles. The molecule has 6 aliphatic rings. The molecule has 0 spiro atoms. The first-order valence-corrected chi connectivity index (χ1v) is 52.0. The number of aromatic nitrogens is 9. The molecule has 9 heterocycles. The normalized spacial score (nSPS) is 15.0. The van der Waals surface area contributed by atoms with Gasteiger partial charge in [-0.15, -0.1) is 0 Å². The highest BCUT2D eigenvalue weighted by Gasteiger charge is 2.51. The highest BCUT2D eigenvalue weighted by Crippen LogP contribution is 2.60. The summed E-state index contributed by atoms with van der Waals surface area (Å²) in [6.07, 6.45) is 0. The summed E-state index contributed by atoms with van der Waals surface area (Å²) >= 11 is 0. The van der Waals surface area contributed by atoms with Crippen molar-refractivity contribution in [3.63, 3.8) is 0 Å². The van der Waals surface area contributed by atoms with E-state index in [0.717, 1.165) is 45.1 Å². The SMILES string of the molecule is CC1(C)c2ccccc2-c2cc3c4cc(-c5ccc6c(c5)C(C)(C)c5nc7ccccc7n5-6)ccc4n(-c4ccccc4)c3cc21.CC1(C)c2ccccc2-c2cc3c4cc(-c5ccc6c(c5)C(c5ccccc5)(c5ccccc5)c5nc7ccccc7n5-6)ccc4n(-c4ccccc4)c3cc21.CC1(C)c2ccccc2-c2cc3c4cc(-c5cccc6c5-n5c(nc7ccccc75)C6(C)C)ccc4n(-c4ccccc4)c3cc21. The van der Waals surface area contributed by atoms with E-state index in [9.17, 15) is 0 Å². The fourth-order valence-corrected chi connectivity index (χ4v) is 27.2. The Morgan fingerprint density at radius 1 is 0.169 bits per heavy atom. The van der Waals surface area contributed by atoms with E-state index in [1.807, 2.05) is 0 Å². The van der Waals surface area contributed by atoms with E-state index in [-0.39, 0.29) is 27.1 Å². The molecule has 0 atom stereocenters. The summed E-state index contributed by atoms with van der Waals surface area (Å²) in [5, 5.41) is 7.65. The van der Waals surface area contributed by atoms with Crippen LogP contribution in [0.2, 0.25) is 0 Å². The molecular formula is C139H103N9. The van der Waals surface area contributed by atoms with Crippen molar-refractivity contribution >= 4 is 98.5 Å². The van der Waals surface area contributed by atoms with Gasteiger partial charge in [0.1, 0.15) is 22.9 Å². The topological polar surface area (TPSA) is 68.2 Å². The molecule has 9 nitrogen and oxygen atoms in total. The molecule has 704 valence electrons. The van der Waals surface area contributed by atoms with Crippen molar-refractivity contribution in [1.82, 2.24) is 42.4 Å². The molecule has 32 rings (SSSR count). The first-order chi connectivity index (χ1) is 72.2. The maximum absolute atomic E-state index is 5.44. The number of para-hydroxylation sites is 10. The lowest BCUT2D eigenvalue weighted by Gasteiger charge is -2.31. The smallest absolute Gasteiger partial charge is 0.134 e. The summed E-state index contributed by atoms with van der Waals surface area (Å²) in [6, 6.07) is 163. The van der Waals surface area contributed by atoms with Gasteiger partial charge in [-0.2, -0.15) is 0 Å². The third kappa shape index (κ3) is 11.8. The second-order valence-corrected chi connectivity index (χ2v) is 44.1. The van der Waals surface area contributed by atoms with Crippen LogP contribution in [0.3, 0.4) is 0 Å². The van der Waals surface area contributed by atoms with Crippen molar-refractivity contribution in [1.29, 1.82) is 0 Å². The molecule has 3 aliphatic carbocycles. The number of imidazole rings is 3. The van der Waals surface area contributed by atoms with Crippen molar-refractivity contribution in [3.05, 3.63) is 522 Å². The molecule has 148 heavy (non-hydrogen) atoms. The van der Waals surface area contributed by atoms with Gasteiger partial charge >= 0.3 is 0 Å². The Balaban J connectivity index is 0.000000103. The van der Waals surface area contributed by atoms with Crippen LogP contribution in [0.4, 0.5) is 0 Å². The number of nitrogens with zero attached hydrogens (tertiary/aromatic N) is 9. The third-order valence-corrected chi connectivity index (χ3v) is 34.5. The van der Waals surface area contributed by atoms with Crippen molar-refractivity contribution in [2.24, 2.45) is 0 Å². The van der Waals surface area contributed by atoms with E-state index in [0.29, 0.717) is 0 Å². The number of hydrogen-bond donors (Lipinski definition) is 0. The Labute approximate surface area is 858 Å². The predicted octanol–water partition coefficient (Wildman–Crippen LogP) is 34.3. The lowest BCUT2D eigenvalue weighted by Crippen LogP contribution is -2.29. The second-order valence-electron chi connectivity index (χ2n) is 44.1. The zero-order valence-electron chi connectivity index (χ0n) is 84.2. The number of rotatable bonds is 8. The van der Waals surface area contributed by atoms with Crippen molar-refractivity contribution in [2.45, 2.75) is 102 Å². The molecule has 0 saturated carbocycles. The molecule has 0 fully saturated rings. The van der Waals surface area contributed by atoms with Gasteiger partial charge in [-0.25, -0.2) is 15.0 Å². The number of hydrogen-bond acceptors (Lipinski definition) is 3. The van der Waals surface area contributed by atoms with Gasteiger partial charge in [0.25, 0.3) is 0 Å². The Bertz CT molecular complexity index is 10100. The van der Waals surface area contributed by atoms with Gasteiger partial charge in [0.2, 0.25) is 0 Å². The summed E-state index contributed by atoms with van der Waals surface area (Å²) in [4.78, 5) is 15.7. The second kappa shape index (κ2) is 30.9. The minimum Gasteiger partial charge on any atom is -0.309 e. The minimum absolute atomic E-state index is 0.0560. The highest BCUT2D eigenvalue weighted by atomic mass is 15.2. The molecule has 0 N–H and O–H groups in total. The van der Waals surface area contributed by atoms with Crippen LogP contribution in [0.5, 0.6) is 0 Å². The van der Waals surface area contributed by atoms with Crippen LogP contribution in [0.25, 0.3) is 199 Å². The number of fused-ring (bicyclic) bond motifs is 33. The monoisotopic (exact) mass is 1900 g/mol. The quantitative estimate of drug-likeness (QED) is 0.152. The van der Waals surface area contributed by atoms with E-state index in [2.05, 4.69) is 539 Å². The van der Waals surface area contributed by atoms with E-state index in [1.54, 1.807) is 0 Å². The van der Waals surface area contributed by atoms with Crippen LogP contribution >= 0.6 is 0 Å². The highest BCUT2D eigenvalue weighted by molar-refractivity contribution is 6.16. The average Bonchev–Trinajstić information content (AvgIpc) is 1.55. The summed E-state index contributed by atoms with van der Waals surface area (Å²) in [7, 11) is 0. The van der Waals surface area contributed by atoms with Crippen LogP contribution in [0, 0.1) is 0 Å². The van der Waals surface area contributed by atoms with Crippen molar-refractivity contribution in [3.8, 4) is 101 Å². The predicted molar refractivity (Wildman–Crippen MR) is 611 cm³/mol. The largest absolute Gasteiger partial charge is 0.309 e. The molecule has 0 unspecified atom stereocenters. The molecule has 0 radical (unpaired) electrons. The molecular weight excluding hydrogens is 1800 g/mol. The Morgan fingerprint density at radius 2 is 0.466 bits per heavy atom.